The third kappa shape index (κ3) is 4.18. The predicted molar refractivity (Wildman–Crippen MR) is 83.5 cm³/mol. The SMILES string of the molecule is CC(C)c1ccccc1OCCNc1cnc(C(=O)O)cn1. The summed E-state index contributed by atoms with van der Waals surface area (Å²) < 4.78 is 5.78. The molecular formula is C16H19N3O3. The summed E-state index contributed by atoms with van der Waals surface area (Å²) in [6.45, 7) is 5.28. The Labute approximate surface area is 129 Å². The lowest BCUT2D eigenvalue weighted by atomic mass is 10.0. The maximum Gasteiger partial charge on any atom is 0.356 e. The van der Waals surface area contributed by atoms with Crippen LogP contribution in [0.2, 0.25) is 0 Å². The number of rotatable bonds is 7. The summed E-state index contributed by atoms with van der Waals surface area (Å²) in [5.74, 6) is 0.712. The van der Waals surface area contributed by atoms with Crippen LogP contribution in [-0.4, -0.2) is 34.2 Å². The number of carbonyl (C=O) groups is 1. The van der Waals surface area contributed by atoms with E-state index in [1.807, 2.05) is 18.2 Å². The number of aromatic carboxylic acids is 1. The van der Waals surface area contributed by atoms with Crippen LogP contribution < -0.4 is 10.1 Å². The second-order valence-corrected chi connectivity index (χ2v) is 5.06. The average Bonchev–Trinajstić information content (AvgIpc) is 2.52. The third-order valence-corrected chi connectivity index (χ3v) is 3.08. The van der Waals surface area contributed by atoms with E-state index in [2.05, 4.69) is 35.2 Å². The quantitative estimate of drug-likeness (QED) is 0.765. The Morgan fingerprint density at radius 3 is 2.68 bits per heavy atom. The summed E-state index contributed by atoms with van der Waals surface area (Å²) in [6.07, 6.45) is 2.62. The molecule has 0 bridgehead atoms. The molecule has 0 saturated heterocycles. The zero-order valence-corrected chi connectivity index (χ0v) is 12.6. The molecule has 6 nitrogen and oxygen atoms in total. The molecule has 0 spiro atoms. The topological polar surface area (TPSA) is 84.3 Å². The molecule has 1 aromatic carbocycles. The zero-order valence-electron chi connectivity index (χ0n) is 12.6. The number of aromatic nitrogens is 2. The van der Waals surface area contributed by atoms with Gasteiger partial charge in [-0.25, -0.2) is 14.8 Å². The van der Waals surface area contributed by atoms with Crippen molar-refractivity contribution in [3.8, 4) is 5.75 Å². The molecule has 0 unspecified atom stereocenters. The number of nitrogens with one attached hydrogen (secondary N) is 1. The van der Waals surface area contributed by atoms with Gasteiger partial charge in [0, 0.05) is 0 Å². The number of nitrogens with zero attached hydrogens (tertiary/aromatic N) is 2. The summed E-state index contributed by atoms with van der Waals surface area (Å²) in [5, 5.41) is 11.8. The van der Waals surface area contributed by atoms with Crippen LogP contribution in [-0.2, 0) is 0 Å². The van der Waals surface area contributed by atoms with Crippen LogP contribution in [0, 0.1) is 0 Å². The van der Waals surface area contributed by atoms with Crippen LogP contribution in [0.3, 0.4) is 0 Å². The monoisotopic (exact) mass is 301 g/mol. The van der Waals surface area contributed by atoms with Crippen LogP contribution in [0.15, 0.2) is 36.7 Å². The molecule has 116 valence electrons. The van der Waals surface area contributed by atoms with Crippen LogP contribution >= 0.6 is 0 Å². The van der Waals surface area contributed by atoms with Gasteiger partial charge in [0.2, 0.25) is 0 Å². The lowest BCUT2D eigenvalue weighted by Gasteiger charge is -2.14. The molecule has 2 aromatic rings. The Morgan fingerprint density at radius 2 is 2.05 bits per heavy atom. The van der Waals surface area contributed by atoms with E-state index in [0.29, 0.717) is 24.9 Å². The van der Waals surface area contributed by atoms with Gasteiger partial charge in [-0.05, 0) is 17.5 Å². The normalized spacial score (nSPS) is 10.5. The van der Waals surface area contributed by atoms with Gasteiger partial charge in [0.25, 0.3) is 0 Å². The van der Waals surface area contributed by atoms with E-state index >= 15 is 0 Å². The molecule has 2 rings (SSSR count). The predicted octanol–water partition coefficient (Wildman–Crippen LogP) is 2.79. The van der Waals surface area contributed by atoms with E-state index in [1.54, 1.807) is 0 Å². The van der Waals surface area contributed by atoms with Gasteiger partial charge in [0.1, 0.15) is 18.2 Å². The summed E-state index contributed by atoms with van der Waals surface area (Å²) in [6, 6.07) is 7.96. The molecule has 0 fully saturated rings. The molecule has 22 heavy (non-hydrogen) atoms. The van der Waals surface area contributed by atoms with Crippen molar-refractivity contribution in [1.29, 1.82) is 0 Å². The molecule has 6 heteroatoms. The first-order valence-electron chi connectivity index (χ1n) is 7.09. The number of hydrogen-bond acceptors (Lipinski definition) is 5. The summed E-state index contributed by atoms with van der Waals surface area (Å²) in [4.78, 5) is 18.4. The molecule has 2 N–H and O–H groups in total. The van der Waals surface area contributed by atoms with E-state index in [1.165, 1.54) is 18.0 Å². The van der Waals surface area contributed by atoms with Crippen molar-refractivity contribution in [3.05, 3.63) is 47.9 Å². The third-order valence-electron chi connectivity index (χ3n) is 3.08. The molecule has 1 aromatic heterocycles. The average molecular weight is 301 g/mol. The van der Waals surface area contributed by atoms with Crippen molar-refractivity contribution in [2.75, 3.05) is 18.5 Å². The second kappa shape index (κ2) is 7.40. The fourth-order valence-electron chi connectivity index (χ4n) is 1.96. The first-order chi connectivity index (χ1) is 10.6. The number of ether oxygens (including phenoxy) is 1. The Balaban J connectivity index is 1.83. The first-order valence-corrected chi connectivity index (χ1v) is 7.09. The van der Waals surface area contributed by atoms with Crippen molar-refractivity contribution in [2.45, 2.75) is 19.8 Å². The van der Waals surface area contributed by atoms with Crippen molar-refractivity contribution in [2.24, 2.45) is 0 Å². The van der Waals surface area contributed by atoms with E-state index < -0.39 is 5.97 Å². The standard InChI is InChI=1S/C16H19N3O3/c1-11(2)12-5-3-4-6-14(12)22-8-7-17-15-10-18-13(9-19-15)16(20)21/h3-6,9-11H,7-8H2,1-2H3,(H,17,19)(H,20,21). The van der Waals surface area contributed by atoms with E-state index in [-0.39, 0.29) is 5.69 Å². The number of anilines is 1. The van der Waals surface area contributed by atoms with Gasteiger partial charge < -0.3 is 15.2 Å². The van der Waals surface area contributed by atoms with Crippen LogP contribution in [0.5, 0.6) is 5.75 Å². The first kappa shape index (κ1) is 15.8. The Hall–Kier alpha value is -2.63. The van der Waals surface area contributed by atoms with Gasteiger partial charge in [-0.15, -0.1) is 0 Å². The minimum atomic E-state index is -1.09. The second-order valence-electron chi connectivity index (χ2n) is 5.06. The molecule has 0 atom stereocenters. The van der Waals surface area contributed by atoms with E-state index in [4.69, 9.17) is 9.84 Å². The molecular weight excluding hydrogens is 282 g/mol. The van der Waals surface area contributed by atoms with Gasteiger partial charge in [0.05, 0.1) is 18.9 Å². The highest BCUT2D eigenvalue weighted by Crippen LogP contribution is 2.25. The fraction of sp³-hybridized carbons (Fsp3) is 0.312. The highest BCUT2D eigenvalue weighted by Gasteiger charge is 2.07. The zero-order chi connectivity index (χ0) is 15.9. The summed E-state index contributed by atoms with van der Waals surface area (Å²) in [7, 11) is 0. The van der Waals surface area contributed by atoms with Gasteiger partial charge in [-0.1, -0.05) is 32.0 Å². The van der Waals surface area contributed by atoms with E-state index in [0.717, 1.165) is 5.75 Å². The molecule has 0 saturated carbocycles. The maximum absolute atomic E-state index is 10.7. The van der Waals surface area contributed by atoms with Crippen LogP contribution in [0.1, 0.15) is 35.8 Å². The highest BCUT2D eigenvalue weighted by molar-refractivity contribution is 5.84. The molecule has 0 amide bonds. The van der Waals surface area contributed by atoms with Gasteiger partial charge in [-0.2, -0.15) is 0 Å². The van der Waals surface area contributed by atoms with Gasteiger partial charge in [-0.3, -0.25) is 0 Å². The van der Waals surface area contributed by atoms with Crippen molar-refractivity contribution in [3.63, 3.8) is 0 Å². The Morgan fingerprint density at radius 1 is 1.27 bits per heavy atom. The van der Waals surface area contributed by atoms with Crippen LogP contribution in [0.4, 0.5) is 5.82 Å². The Bertz CT molecular complexity index is 627. The molecule has 0 aliphatic carbocycles. The van der Waals surface area contributed by atoms with Crippen molar-refractivity contribution < 1.29 is 14.6 Å². The molecule has 0 aliphatic heterocycles. The number of carboxylic acids is 1. The van der Waals surface area contributed by atoms with Crippen molar-refractivity contribution in [1.82, 2.24) is 9.97 Å². The minimum Gasteiger partial charge on any atom is -0.491 e. The highest BCUT2D eigenvalue weighted by atomic mass is 16.5. The summed E-state index contributed by atoms with van der Waals surface area (Å²) in [5.41, 5.74) is 1.10. The number of para-hydroxylation sites is 1. The molecule has 0 aliphatic rings. The minimum absolute atomic E-state index is 0.0762. The fourth-order valence-corrected chi connectivity index (χ4v) is 1.96. The number of hydrogen-bond donors (Lipinski definition) is 2. The smallest absolute Gasteiger partial charge is 0.356 e. The van der Waals surface area contributed by atoms with Crippen LogP contribution in [0.25, 0.3) is 0 Å². The molecule has 0 radical (unpaired) electrons. The number of benzene rings is 1. The lowest BCUT2D eigenvalue weighted by molar-refractivity contribution is 0.0690. The summed E-state index contributed by atoms with van der Waals surface area (Å²) >= 11 is 0. The molecule has 1 heterocycles. The van der Waals surface area contributed by atoms with Gasteiger partial charge >= 0.3 is 5.97 Å². The van der Waals surface area contributed by atoms with E-state index in [9.17, 15) is 4.79 Å². The Kier molecular flexibility index (Phi) is 5.30. The number of carboxylic acid groups (broad SMARTS) is 1. The van der Waals surface area contributed by atoms with Crippen molar-refractivity contribution >= 4 is 11.8 Å². The maximum atomic E-state index is 10.7. The lowest BCUT2D eigenvalue weighted by Crippen LogP contribution is -2.14. The van der Waals surface area contributed by atoms with Gasteiger partial charge in [0.15, 0.2) is 5.69 Å². The largest absolute Gasteiger partial charge is 0.491 e.